The minimum atomic E-state index is -1.48. The summed E-state index contributed by atoms with van der Waals surface area (Å²) < 4.78 is 7.78. The van der Waals surface area contributed by atoms with Crippen molar-refractivity contribution in [2.45, 2.75) is 31.3 Å². The van der Waals surface area contributed by atoms with Gasteiger partial charge in [0.1, 0.15) is 37.0 Å². The summed E-state index contributed by atoms with van der Waals surface area (Å²) in [6.45, 7) is 2.00. The molecule has 3 aromatic rings. The molecule has 1 fully saturated rings. The summed E-state index contributed by atoms with van der Waals surface area (Å²) in [5, 5.41) is 29.5. The summed E-state index contributed by atoms with van der Waals surface area (Å²) >= 11 is 3.72. The van der Waals surface area contributed by atoms with E-state index in [0.29, 0.717) is 17.7 Å². The number of hydrogen-bond acceptors (Lipinski definition) is 13. The maximum atomic E-state index is 13.1. The van der Waals surface area contributed by atoms with E-state index in [1.807, 2.05) is 26.7 Å². The van der Waals surface area contributed by atoms with Crippen molar-refractivity contribution in [1.82, 2.24) is 24.0 Å². The first kappa shape index (κ1) is 26.1. The van der Waals surface area contributed by atoms with Gasteiger partial charge in [-0.2, -0.15) is 13.8 Å². The van der Waals surface area contributed by atoms with Gasteiger partial charge in [-0.25, -0.2) is 4.57 Å². The lowest BCUT2D eigenvalue weighted by Crippen LogP contribution is -2.71. The first-order chi connectivity index (χ1) is 18.3. The zero-order valence-electron chi connectivity index (χ0n) is 19.9. The SMILES string of the molecule is CCO/N=C(\C(=O)N[C@@H]1C(=O)N2C(C(=O)[O-])=C(C[n+]3cc4sccn4c3CCO)CS[C@H]12)c1nsc(N)n1. The molecule has 38 heavy (non-hydrogen) atoms. The molecule has 200 valence electrons. The van der Waals surface area contributed by atoms with Crippen molar-refractivity contribution in [3.63, 3.8) is 0 Å². The molecular weight excluding hydrogens is 556 g/mol. The molecule has 2 atom stereocenters. The van der Waals surface area contributed by atoms with Crippen LogP contribution < -0.4 is 20.7 Å². The van der Waals surface area contributed by atoms with Gasteiger partial charge in [0.15, 0.2) is 5.13 Å². The molecule has 4 N–H and O–H groups in total. The minimum absolute atomic E-state index is 0.0424. The lowest BCUT2D eigenvalue weighted by Gasteiger charge is -2.50. The van der Waals surface area contributed by atoms with Gasteiger partial charge >= 0.3 is 0 Å². The first-order valence-electron chi connectivity index (χ1n) is 11.4. The normalized spacial score (nSPS) is 19.5. The Kier molecular flexibility index (Phi) is 7.33. The lowest BCUT2D eigenvalue weighted by molar-refractivity contribution is -0.695. The molecule has 5 heterocycles. The van der Waals surface area contributed by atoms with E-state index in [4.69, 9.17) is 10.6 Å². The topological polar surface area (TPSA) is 191 Å². The van der Waals surface area contributed by atoms with E-state index in [1.54, 1.807) is 6.92 Å². The molecule has 0 radical (unpaired) electrons. The quantitative estimate of drug-likeness (QED) is 0.106. The summed E-state index contributed by atoms with van der Waals surface area (Å²) in [4.78, 5) is 49.3. The van der Waals surface area contributed by atoms with Gasteiger partial charge in [0.05, 0.1) is 24.7 Å². The number of nitrogens with one attached hydrogen (secondary N) is 1. The Morgan fingerprint density at radius 3 is 2.95 bits per heavy atom. The summed E-state index contributed by atoms with van der Waals surface area (Å²) in [5.41, 5.74) is 5.66. The molecule has 1 saturated heterocycles. The number of aliphatic hydroxyl groups excluding tert-OH is 1. The number of thiazole rings is 1. The summed E-state index contributed by atoms with van der Waals surface area (Å²) in [6, 6.07) is -0.997. The number of hydrogen-bond donors (Lipinski definition) is 3. The maximum absolute atomic E-state index is 13.1. The average molecular weight is 579 g/mol. The second kappa shape index (κ2) is 10.7. The van der Waals surface area contributed by atoms with E-state index < -0.39 is 29.2 Å². The highest BCUT2D eigenvalue weighted by atomic mass is 32.2. The van der Waals surface area contributed by atoms with Crippen LogP contribution in [0.15, 0.2) is 34.2 Å². The van der Waals surface area contributed by atoms with E-state index in [0.717, 1.165) is 27.1 Å². The number of carboxylic acids is 1. The van der Waals surface area contributed by atoms with Crippen molar-refractivity contribution in [1.29, 1.82) is 0 Å². The molecular formula is C21H22N8O6S3. The zero-order chi connectivity index (χ0) is 27.0. The van der Waals surface area contributed by atoms with Crippen molar-refractivity contribution in [3.05, 3.63) is 40.7 Å². The lowest BCUT2D eigenvalue weighted by atomic mass is 10.0. The van der Waals surface area contributed by atoms with Crippen LogP contribution in [-0.2, 0) is 32.2 Å². The summed E-state index contributed by atoms with van der Waals surface area (Å²) in [7, 11) is 0. The second-order valence-electron chi connectivity index (χ2n) is 8.17. The minimum Gasteiger partial charge on any atom is -0.543 e. The molecule has 14 nitrogen and oxygen atoms in total. The molecule has 3 aromatic heterocycles. The van der Waals surface area contributed by atoms with E-state index in [-0.39, 0.29) is 42.1 Å². The van der Waals surface area contributed by atoms with Crippen LogP contribution in [0.5, 0.6) is 0 Å². The number of nitrogen functional groups attached to an aromatic ring is 1. The van der Waals surface area contributed by atoms with E-state index in [9.17, 15) is 24.6 Å². The number of thioether (sulfide) groups is 1. The van der Waals surface area contributed by atoms with E-state index in [1.165, 1.54) is 23.1 Å². The van der Waals surface area contributed by atoms with Crippen LogP contribution in [0.1, 0.15) is 18.6 Å². The molecule has 2 aliphatic heterocycles. The van der Waals surface area contributed by atoms with Gasteiger partial charge in [-0.1, -0.05) is 16.5 Å². The Balaban J connectivity index is 1.37. The van der Waals surface area contributed by atoms with Crippen LogP contribution in [0.25, 0.3) is 4.83 Å². The van der Waals surface area contributed by atoms with Crippen molar-refractivity contribution in [2.75, 3.05) is 24.7 Å². The number of amides is 2. The molecule has 0 aliphatic carbocycles. The highest BCUT2D eigenvalue weighted by molar-refractivity contribution is 8.00. The van der Waals surface area contributed by atoms with Gasteiger partial charge in [-0.3, -0.25) is 14.5 Å². The number of fused-ring (bicyclic) bond motifs is 2. The van der Waals surface area contributed by atoms with Crippen LogP contribution in [-0.4, -0.2) is 77.6 Å². The number of β-lactam (4-membered cyclic amide) rings is 1. The van der Waals surface area contributed by atoms with Gasteiger partial charge in [-0.05, 0) is 6.92 Å². The Bertz CT molecular complexity index is 1480. The monoisotopic (exact) mass is 578 g/mol. The van der Waals surface area contributed by atoms with Crippen LogP contribution >= 0.6 is 34.6 Å². The first-order valence-corrected chi connectivity index (χ1v) is 14.1. The highest BCUT2D eigenvalue weighted by Gasteiger charge is 2.53. The third-order valence-corrected chi connectivity index (χ3v) is 8.57. The number of rotatable bonds is 10. The molecule has 0 bridgehead atoms. The van der Waals surface area contributed by atoms with Gasteiger partial charge in [0.2, 0.25) is 16.4 Å². The summed E-state index contributed by atoms with van der Waals surface area (Å²) in [6.07, 6.45) is 4.13. The number of carboxylic acid groups (broad SMARTS) is 1. The molecule has 2 amide bonds. The standard InChI is InChI=1S/C21H22N8O6S3/c1-2-35-25-13(16-24-21(22)38-26-16)17(31)23-14-18(32)29-15(20(33)34)10(9-37-19(14)29)7-27-8-12-28(4-6-36-12)11(27)3-5-30/h4,6,8,14,19,30H,2-3,5,7,9H2,1H3,(H3-,22,23,24,26,31,33,34)/b25-13-/t14-,19-/m1/s1. The van der Waals surface area contributed by atoms with Crippen LogP contribution in [0.2, 0.25) is 0 Å². The van der Waals surface area contributed by atoms with Crippen molar-refractivity contribution < 1.29 is 34.0 Å². The fourth-order valence-electron chi connectivity index (χ4n) is 4.30. The molecule has 17 heteroatoms. The largest absolute Gasteiger partial charge is 0.543 e. The predicted octanol–water partition coefficient (Wildman–Crippen LogP) is -1.90. The van der Waals surface area contributed by atoms with Gasteiger partial charge in [-0.15, -0.1) is 11.8 Å². The number of imidazole rings is 1. The molecule has 5 rings (SSSR count). The Labute approximate surface area is 227 Å². The number of aliphatic carboxylic acids is 1. The van der Waals surface area contributed by atoms with E-state index >= 15 is 0 Å². The molecule has 0 saturated carbocycles. The summed E-state index contributed by atoms with van der Waals surface area (Å²) in [5.74, 6) is -1.76. The number of nitrogens with two attached hydrogens (primary N) is 1. The molecule has 0 unspecified atom stereocenters. The van der Waals surface area contributed by atoms with Crippen LogP contribution in [0.4, 0.5) is 5.13 Å². The number of aliphatic hydroxyl groups is 1. The second-order valence-corrected chi connectivity index (χ2v) is 11.0. The smallest absolute Gasteiger partial charge is 0.278 e. The predicted molar refractivity (Wildman–Crippen MR) is 136 cm³/mol. The number of oxime groups is 1. The average Bonchev–Trinajstić information content (AvgIpc) is 3.60. The van der Waals surface area contributed by atoms with Crippen molar-refractivity contribution in [2.24, 2.45) is 5.16 Å². The fraction of sp³-hybridized carbons (Fsp3) is 0.381. The van der Waals surface area contributed by atoms with E-state index in [2.05, 4.69) is 19.8 Å². The number of nitrogens with zero attached hydrogens (tertiary/aromatic N) is 6. The van der Waals surface area contributed by atoms with Crippen molar-refractivity contribution in [3.8, 4) is 0 Å². The van der Waals surface area contributed by atoms with Gasteiger partial charge in [0, 0.05) is 28.2 Å². The molecule has 2 aliphatic rings. The fourth-order valence-corrected chi connectivity index (χ4v) is 6.86. The Morgan fingerprint density at radius 1 is 1.45 bits per heavy atom. The number of aromatic nitrogens is 4. The van der Waals surface area contributed by atoms with Crippen LogP contribution in [0, 0.1) is 0 Å². The third-order valence-electron chi connectivity index (χ3n) is 5.89. The van der Waals surface area contributed by atoms with Gasteiger partial charge < -0.3 is 30.9 Å². The highest BCUT2D eigenvalue weighted by Crippen LogP contribution is 2.40. The maximum Gasteiger partial charge on any atom is 0.278 e. The Morgan fingerprint density at radius 2 is 2.26 bits per heavy atom. The van der Waals surface area contributed by atoms with Crippen LogP contribution in [0.3, 0.4) is 0 Å². The number of carbonyl (C=O) groups excluding carboxylic acids is 3. The van der Waals surface area contributed by atoms with Crippen molar-refractivity contribution >= 4 is 68.1 Å². The molecule has 0 aromatic carbocycles. The third kappa shape index (κ3) is 4.61. The van der Waals surface area contributed by atoms with Gasteiger partial charge in [0.25, 0.3) is 17.6 Å². The number of anilines is 1. The zero-order valence-corrected chi connectivity index (χ0v) is 22.3. The number of carbonyl (C=O) groups is 3. The Hall–Kier alpha value is -3.54. The molecule has 0 spiro atoms.